The van der Waals surface area contributed by atoms with Crippen LogP contribution >= 0.6 is 0 Å². The van der Waals surface area contributed by atoms with Crippen molar-refractivity contribution in [2.75, 3.05) is 62.3 Å². The molecule has 3 fully saturated rings. The number of aliphatic hydroxyl groups excluding tert-OH is 1. The number of likely N-dealkylation sites (N-methyl/N-ethyl adjacent to an activating group) is 1. The monoisotopic (exact) mass is 596 g/mol. The van der Waals surface area contributed by atoms with Crippen LogP contribution in [0.15, 0.2) is 24.4 Å². The van der Waals surface area contributed by atoms with Gasteiger partial charge in [0.05, 0.1) is 17.5 Å². The van der Waals surface area contributed by atoms with Crippen LogP contribution in [0.2, 0.25) is 0 Å². The Balaban J connectivity index is 1.30. The van der Waals surface area contributed by atoms with Crippen molar-refractivity contribution in [3.05, 3.63) is 30.1 Å². The molecular formula is C31H42F2N8O2. The Hall–Kier alpha value is -3.35. The van der Waals surface area contributed by atoms with Crippen molar-refractivity contribution in [2.24, 2.45) is 0 Å². The number of piperazine rings is 1. The summed E-state index contributed by atoms with van der Waals surface area (Å²) in [7, 11) is 2.16. The number of ether oxygens (including phenoxy) is 1. The summed E-state index contributed by atoms with van der Waals surface area (Å²) in [5.74, 6) is 1.03. The standard InChI is InChI=1S/C31H42F2N8O2/c1-3-24-30(36-20-5-6-22(42)17-20)38-27-23(18-35-29(34)28(27)37-24)19-4-7-25(26(16-19)43-31(32)33)41-10-8-21(9-11-41)40-14-12-39(2)13-15-40/h4,7,16,18,20-22,31,42H,3,5-6,8-15,17H2,1-2H3,(H2,34,35)(H,36,38). The summed E-state index contributed by atoms with van der Waals surface area (Å²) in [5.41, 5.74) is 9.95. The molecule has 6 rings (SSSR count). The molecule has 0 bridgehead atoms. The van der Waals surface area contributed by atoms with Gasteiger partial charge in [-0.25, -0.2) is 15.0 Å². The van der Waals surface area contributed by atoms with E-state index in [1.165, 1.54) is 0 Å². The summed E-state index contributed by atoms with van der Waals surface area (Å²) in [6.07, 6.45) is 6.13. The molecule has 2 saturated heterocycles. The lowest BCUT2D eigenvalue weighted by Gasteiger charge is -2.42. The Kier molecular flexibility index (Phi) is 8.78. The number of pyridine rings is 1. The normalized spacial score (nSPS) is 22.5. The number of alkyl halides is 2. The number of aromatic nitrogens is 3. The Morgan fingerprint density at radius 3 is 2.49 bits per heavy atom. The molecule has 3 aliphatic rings. The molecule has 0 amide bonds. The maximum absolute atomic E-state index is 13.7. The van der Waals surface area contributed by atoms with Gasteiger partial charge < -0.3 is 30.7 Å². The third-order valence-electron chi connectivity index (χ3n) is 9.23. The van der Waals surface area contributed by atoms with Gasteiger partial charge in [-0.2, -0.15) is 8.78 Å². The lowest BCUT2D eigenvalue weighted by atomic mass is 10.00. The maximum atomic E-state index is 13.7. The molecule has 1 aliphatic carbocycles. The molecule has 2 aromatic heterocycles. The van der Waals surface area contributed by atoms with Gasteiger partial charge in [0.15, 0.2) is 5.82 Å². The van der Waals surface area contributed by atoms with Crippen molar-refractivity contribution >= 4 is 28.4 Å². The average Bonchev–Trinajstić information content (AvgIpc) is 3.41. The SMILES string of the molecule is CCc1nc2c(N)ncc(-c3ccc(N4CCC(N5CCN(C)CC5)CC4)c(OC(F)F)c3)c2nc1NC1CCC(O)C1. The van der Waals surface area contributed by atoms with Gasteiger partial charge in [-0.05, 0) is 63.3 Å². The first-order valence-corrected chi connectivity index (χ1v) is 15.5. The van der Waals surface area contributed by atoms with Gasteiger partial charge in [0.2, 0.25) is 0 Å². The fraction of sp³-hybridized carbons (Fsp3) is 0.581. The fourth-order valence-corrected chi connectivity index (χ4v) is 6.74. The zero-order valence-electron chi connectivity index (χ0n) is 25.0. The number of rotatable bonds is 8. The van der Waals surface area contributed by atoms with E-state index in [2.05, 4.69) is 32.0 Å². The first-order chi connectivity index (χ1) is 20.8. The quantitative estimate of drug-likeness (QED) is 0.353. The van der Waals surface area contributed by atoms with E-state index in [-0.39, 0.29) is 23.7 Å². The topological polar surface area (TPSA) is 116 Å². The predicted molar refractivity (Wildman–Crippen MR) is 165 cm³/mol. The molecule has 10 nitrogen and oxygen atoms in total. The van der Waals surface area contributed by atoms with E-state index in [0.717, 1.165) is 70.6 Å². The Labute approximate surface area is 251 Å². The van der Waals surface area contributed by atoms with Crippen LogP contribution in [0.4, 0.5) is 26.1 Å². The summed E-state index contributed by atoms with van der Waals surface area (Å²) in [4.78, 5) is 21.2. The van der Waals surface area contributed by atoms with Crippen LogP contribution in [0.3, 0.4) is 0 Å². The third kappa shape index (κ3) is 6.46. The fourth-order valence-electron chi connectivity index (χ4n) is 6.74. The third-order valence-corrected chi connectivity index (χ3v) is 9.23. The minimum Gasteiger partial charge on any atom is -0.433 e. The molecule has 232 valence electrons. The van der Waals surface area contributed by atoms with Crippen molar-refractivity contribution in [3.8, 4) is 16.9 Å². The second-order valence-electron chi connectivity index (χ2n) is 12.1. The number of aryl methyl sites for hydroxylation is 1. The zero-order chi connectivity index (χ0) is 30.1. The molecule has 0 spiro atoms. The van der Waals surface area contributed by atoms with Crippen molar-refractivity contribution in [3.63, 3.8) is 0 Å². The first kappa shape index (κ1) is 29.7. The minimum atomic E-state index is -2.96. The van der Waals surface area contributed by atoms with E-state index >= 15 is 0 Å². The van der Waals surface area contributed by atoms with E-state index in [9.17, 15) is 13.9 Å². The smallest absolute Gasteiger partial charge is 0.387 e. The highest BCUT2D eigenvalue weighted by molar-refractivity contribution is 5.97. The molecule has 1 aromatic carbocycles. The van der Waals surface area contributed by atoms with Crippen LogP contribution in [0, 0.1) is 0 Å². The maximum Gasteiger partial charge on any atom is 0.387 e. The number of hydrogen-bond donors (Lipinski definition) is 3. The summed E-state index contributed by atoms with van der Waals surface area (Å²) in [5, 5.41) is 13.5. The van der Waals surface area contributed by atoms with Crippen LogP contribution in [0.25, 0.3) is 22.2 Å². The number of nitrogens with zero attached hydrogens (tertiary/aromatic N) is 6. The van der Waals surface area contributed by atoms with Gasteiger partial charge in [0.1, 0.15) is 22.6 Å². The van der Waals surface area contributed by atoms with Gasteiger partial charge in [-0.1, -0.05) is 13.0 Å². The van der Waals surface area contributed by atoms with Crippen molar-refractivity contribution in [2.45, 2.75) is 70.2 Å². The molecule has 1 saturated carbocycles. The second kappa shape index (κ2) is 12.7. The minimum absolute atomic E-state index is 0.0976. The molecule has 3 aromatic rings. The van der Waals surface area contributed by atoms with Crippen molar-refractivity contribution in [1.29, 1.82) is 0 Å². The number of aliphatic hydroxyl groups is 1. The predicted octanol–water partition coefficient (Wildman–Crippen LogP) is 3.98. The van der Waals surface area contributed by atoms with Crippen molar-refractivity contribution < 1.29 is 18.6 Å². The van der Waals surface area contributed by atoms with E-state index in [1.807, 2.05) is 19.1 Å². The highest BCUT2D eigenvalue weighted by Gasteiger charge is 2.29. The number of nitrogen functional groups attached to an aromatic ring is 1. The number of nitrogens with one attached hydrogen (secondary N) is 1. The van der Waals surface area contributed by atoms with Gasteiger partial charge in [-0.3, -0.25) is 4.90 Å². The van der Waals surface area contributed by atoms with Gasteiger partial charge in [-0.15, -0.1) is 0 Å². The number of benzene rings is 1. The van der Waals surface area contributed by atoms with Crippen LogP contribution in [0.1, 0.15) is 44.7 Å². The molecular weight excluding hydrogens is 554 g/mol. The zero-order valence-corrected chi connectivity index (χ0v) is 25.0. The van der Waals surface area contributed by atoms with Gasteiger partial charge >= 0.3 is 6.61 Å². The number of piperidine rings is 1. The van der Waals surface area contributed by atoms with E-state index in [1.54, 1.807) is 12.3 Å². The highest BCUT2D eigenvalue weighted by Crippen LogP contribution is 2.39. The summed E-state index contributed by atoms with van der Waals surface area (Å²) in [6.45, 7) is 4.89. The molecule has 2 aliphatic heterocycles. The molecule has 0 radical (unpaired) electrons. The van der Waals surface area contributed by atoms with Gasteiger partial charge in [0.25, 0.3) is 0 Å². The lowest BCUT2D eigenvalue weighted by Crippen LogP contribution is -2.52. The molecule has 2 unspecified atom stereocenters. The van der Waals surface area contributed by atoms with E-state index < -0.39 is 6.61 Å². The molecule has 4 N–H and O–H groups in total. The summed E-state index contributed by atoms with van der Waals surface area (Å²) >= 11 is 0. The van der Waals surface area contributed by atoms with Crippen LogP contribution in [-0.2, 0) is 6.42 Å². The van der Waals surface area contributed by atoms with Crippen molar-refractivity contribution in [1.82, 2.24) is 24.8 Å². The number of hydrogen-bond acceptors (Lipinski definition) is 10. The van der Waals surface area contributed by atoms with Crippen LogP contribution < -0.4 is 20.7 Å². The summed E-state index contributed by atoms with van der Waals surface area (Å²) < 4.78 is 32.4. The summed E-state index contributed by atoms with van der Waals surface area (Å²) in [6, 6.07) is 6.02. The Morgan fingerprint density at radius 2 is 1.81 bits per heavy atom. The molecule has 4 heterocycles. The largest absolute Gasteiger partial charge is 0.433 e. The molecule has 43 heavy (non-hydrogen) atoms. The number of fused-ring (bicyclic) bond motifs is 1. The number of halogens is 2. The second-order valence-corrected chi connectivity index (χ2v) is 12.1. The average molecular weight is 597 g/mol. The first-order valence-electron chi connectivity index (χ1n) is 15.5. The van der Waals surface area contributed by atoms with E-state index in [4.69, 9.17) is 20.4 Å². The number of anilines is 3. The lowest BCUT2D eigenvalue weighted by molar-refractivity contribution is -0.0495. The van der Waals surface area contributed by atoms with Crippen LogP contribution in [0.5, 0.6) is 5.75 Å². The Morgan fingerprint density at radius 1 is 1.05 bits per heavy atom. The van der Waals surface area contributed by atoms with Gasteiger partial charge in [0, 0.05) is 63.1 Å². The molecule has 2 atom stereocenters. The molecule has 12 heteroatoms. The van der Waals surface area contributed by atoms with E-state index in [0.29, 0.717) is 52.5 Å². The van der Waals surface area contributed by atoms with Crippen LogP contribution in [-0.4, -0.2) is 101 Å². The Bertz CT molecular complexity index is 1430. The number of nitrogens with two attached hydrogens (primary N) is 1. The highest BCUT2D eigenvalue weighted by atomic mass is 19.3.